The topological polar surface area (TPSA) is 42.0 Å². The van der Waals surface area contributed by atoms with Gasteiger partial charge in [-0.25, -0.2) is 18.2 Å². The zero-order valence-electron chi connectivity index (χ0n) is 12.0. The number of hydrogen-bond donors (Lipinski definition) is 1. The van der Waals surface area contributed by atoms with Gasteiger partial charge in [0, 0.05) is 4.90 Å². The average Bonchev–Trinajstić information content (AvgIpc) is 2.95. The van der Waals surface area contributed by atoms with Crippen molar-refractivity contribution >= 4 is 56.0 Å². The van der Waals surface area contributed by atoms with E-state index in [1.165, 1.54) is 11.8 Å². The van der Waals surface area contributed by atoms with E-state index >= 15 is 0 Å². The predicted molar refractivity (Wildman–Crippen MR) is 90.7 cm³/mol. The minimum absolute atomic E-state index is 0.0181. The van der Waals surface area contributed by atoms with E-state index in [1.54, 1.807) is 18.2 Å². The molecular formula is C15H8ClF3N2OS2. The Bertz CT molecular complexity index is 962. The zero-order chi connectivity index (χ0) is 17.4. The van der Waals surface area contributed by atoms with E-state index in [0.29, 0.717) is 0 Å². The van der Waals surface area contributed by atoms with Crippen molar-refractivity contribution in [1.82, 2.24) is 4.98 Å². The third-order valence-electron chi connectivity index (χ3n) is 3.16. The number of thiazole rings is 1. The minimum Gasteiger partial charge on any atom is -0.298 e. The van der Waals surface area contributed by atoms with Crippen LogP contribution >= 0.6 is 34.7 Å². The number of benzene rings is 2. The molecule has 0 spiro atoms. The summed E-state index contributed by atoms with van der Waals surface area (Å²) in [6.45, 7) is 0. The van der Waals surface area contributed by atoms with Crippen LogP contribution in [-0.4, -0.2) is 17.1 Å². The highest BCUT2D eigenvalue weighted by molar-refractivity contribution is 7.98. The van der Waals surface area contributed by atoms with E-state index in [4.69, 9.17) is 11.6 Å². The molecule has 0 saturated heterocycles. The van der Waals surface area contributed by atoms with Gasteiger partial charge in [0.05, 0.1) is 15.3 Å². The molecule has 1 aromatic heterocycles. The van der Waals surface area contributed by atoms with Crippen LogP contribution in [0.5, 0.6) is 0 Å². The number of rotatable bonds is 3. The summed E-state index contributed by atoms with van der Waals surface area (Å²) in [7, 11) is 0. The number of amides is 1. The first-order valence-electron chi connectivity index (χ1n) is 6.49. The molecule has 24 heavy (non-hydrogen) atoms. The molecule has 0 saturated carbocycles. The monoisotopic (exact) mass is 388 g/mol. The van der Waals surface area contributed by atoms with Crippen molar-refractivity contribution in [2.24, 2.45) is 0 Å². The molecule has 3 aromatic rings. The lowest BCUT2D eigenvalue weighted by atomic mass is 10.2. The summed E-state index contributed by atoms with van der Waals surface area (Å²) in [4.78, 5) is 17.0. The molecule has 0 bridgehead atoms. The molecule has 124 valence electrons. The maximum atomic E-state index is 13.7. The molecule has 0 aliphatic rings. The Morgan fingerprint density at radius 3 is 2.71 bits per heavy atom. The first-order valence-corrected chi connectivity index (χ1v) is 8.91. The number of anilines is 1. The van der Waals surface area contributed by atoms with Gasteiger partial charge in [-0.3, -0.25) is 10.1 Å². The first kappa shape index (κ1) is 17.1. The molecule has 3 nitrogen and oxygen atoms in total. The molecule has 3 rings (SSSR count). The highest BCUT2D eigenvalue weighted by Gasteiger charge is 2.19. The maximum Gasteiger partial charge on any atom is 0.258 e. The summed E-state index contributed by atoms with van der Waals surface area (Å²) in [5, 5.41) is 2.73. The highest BCUT2D eigenvalue weighted by Crippen LogP contribution is 2.31. The third-order valence-corrected chi connectivity index (χ3v) is 5.13. The summed E-state index contributed by atoms with van der Waals surface area (Å²) >= 11 is 8.29. The second-order valence-electron chi connectivity index (χ2n) is 4.65. The van der Waals surface area contributed by atoms with Crippen LogP contribution < -0.4 is 5.32 Å². The Labute approximate surface area is 147 Å². The van der Waals surface area contributed by atoms with Gasteiger partial charge in [-0.2, -0.15) is 0 Å². The number of fused-ring (bicyclic) bond motifs is 1. The summed E-state index contributed by atoms with van der Waals surface area (Å²) in [5.74, 6) is -4.83. The van der Waals surface area contributed by atoms with Crippen molar-refractivity contribution < 1.29 is 18.0 Å². The maximum absolute atomic E-state index is 13.7. The summed E-state index contributed by atoms with van der Waals surface area (Å²) in [5.41, 5.74) is -0.112. The molecule has 1 heterocycles. The number of carbonyl (C=O) groups is 1. The third kappa shape index (κ3) is 3.09. The average molecular weight is 389 g/mol. The van der Waals surface area contributed by atoms with Crippen LogP contribution in [0.4, 0.5) is 18.3 Å². The number of carbonyl (C=O) groups excluding carboxylic acids is 1. The molecule has 0 aliphatic heterocycles. The summed E-state index contributed by atoms with van der Waals surface area (Å²) in [6.07, 6.45) is 1.85. The van der Waals surface area contributed by atoms with E-state index in [9.17, 15) is 18.0 Å². The van der Waals surface area contributed by atoms with Gasteiger partial charge in [0.1, 0.15) is 5.52 Å². The molecule has 0 radical (unpaired) electrons. The zero-order valence-corrected chi connectivity index (χ0v) is 14.4. The van der Waals surface area contributed by atoms with Gasteiger partial charge in [-0.15, -0.1) is 11.8 Å². The van der Waals surface area contributed by atoms with Gasteiger partial charge in [-0.05, 0) is 30.5 Å². The molecule has 2 aromatic carbocycles. The number of hydrogen-bond acceptors (Lipinski definition) is 4. The fourth-order valence-corrected chi connectivity index (χ4v) is 3.52. The Morgan fingerprint density at radius 1 is 1.25 bits per heavy atom. The van der Waals surface area contributed by atoms with Gasteiger partial charge >= 0.3 is 0 Å². The lowest BCUT2D eigenvalue weighted by molar-refractivity contribution is 0.102. The Hall–Kier alpha value is -1.77. The lowest BCUT2D eigenvalue weighted by Crippen LogP contribution is -2.12. The summed E-state index contributed by atoms with van der Waals surface area (Å²) in [6, 6.07) is 5.80. The van der Waals surface area contributed by atoms with Crippen LogP contribution in [0.2, 0.25) is 5.02 Å². The molecule has 0 unspecified atom stereocenters. The number of nitrogens with zero attached hydrogens (tertiary/aromatic N) is 1. The van der Waals surface area contributed by atoms with Gasteiger partial charge in [-0.1, -0.05) is 22.9 Å². The van der Waals surface area contributed by atoms with Crippen LogP contribution in [0.1, 0.15) is 10.4 Å². The van der Waals surface area contributed by atoms with Crippen LogP contribution in [0.25, 0.3) is 10.2 Å². The quantitative estimate of drug-likeness (QED) is 0.486. The van der Waals surface area contributed by atoms with Crippen molar-refractivity contribution in [1.29, 1.82) is 0 Å². The fraction of sp³-hybridized carbons (Fsp3) is 0.0667. The SMILES string of the molecule is CSc1ccc(Cl)c(C(=O)Nc2nc3c(F)c(F)c(F)cc3s2)c1. The normalized spacial score (nSPS) is 11.0. The van der Waals surface area contributed by atoms with Crippen molar-refractivity contribution in [2.45, 2.75) is 4.90 Å². The van der Waals surface area contributed by atoms with E-state index in [2.05, 4.69) is 10.3 Å². The van der Waals surface area contributed by atoms with E-state index in [0.717, 1.165) is 22.3 Å². The van der Waals surface area contributed by atoms with Gasteiger partial charge < -0.3 is 0 Å². The molecule has 1 N–H and O–H groups in total. The van der Waals surface area contributed by atoms with Crippen molar-refractivity contribution in [3.63, 3.8) is 0 Å². The van der Waals surface area contributed by atoms with E-state index < -0.39 is 23.4 Å². The Morgan fingerprint density at radius 2 is 2.00 bits per heavy atom. The van der Waals surface area contributed by atoms with E-state index in [1.807, 2.05) is 6.26 Å². The molecule has 0 fully saturated rings. The fourth-order valence-electron chi connectivity index (χ4n) is 2.00. The van der Waals surface area contributed by atoms with Crippen LogP contribution in [0.3, 0.4) is 0 Å². The number of thioether (sulfide) groups is 1. The van der Waals surface area contributed by atoms with Crippen molar-refractivity contribution in [2.75, 3.05) is 11.6 Å². The molecule has 9 heteroatoms. The van der Waals surface area contributed by atoms with Crippen LogP contribution in [-0.2, 0) is 0 Å². The minimum atomic E-state index is -1.60. The van der Waals surface area contributed by atoms with Crippen molar-refractivity contribution in [3.05, 3.63) is 52.3 Å². The second kappa shape index (κ2) is 6.62. The molecule has 0 aliphatic carbocycles. The second-order valence-corrected chi connectivity index (χ2v) is 6.97. The molecule has 0 atom stereocenters. The smallest absolute Gasteiger partial charge is 0.258 e. The Balaban J connectivity index is 1.95. The standard InChI is InChI=1S/C15H8ClF3N2OS2/c1-23-6-2-3-8(16)7(4-6)14(22)21-15-20-13-10(24-15)5-9(17)11(18)12(13)19/h2-5H,1H3,(H,20,21,22). The van der Waals surface area contributed by atoms with Crippen LogP contribution in [0.15, 0.2) is 29.2 Å². The van der Waals surface area contributed by atoms with Gasteiger partial charge in [0.2, 0.25) is 0 Å². The van der Waals surface area contributed by atoms with Gasteiger partial charge in [0.15, 0.2) is 22.6 Å². The predicted octanol–water partition coefficient (Wildman–Crippen LogP) is 5.34. The first-order chi connectivity index (χ1) is 11.4. The van der Waals surface area contributed by atoms with E-state index in [-0.39, 0.29) is 25.9 Å². The summed E-state index contributed by atoms with van der Waals surface area (Å²) < 4.78 is 40.3. The van der Waals surface area contributed by atoms with Crippen LogP contribution in [0, 0.1) is 17.5 Å². The largest absolute Gasteiger partial charge is 0.298 e. The highest BCUT2D eigenvalue weighted by atomic mass is 35.5. The number of aromatic nitrogens is 1. The number of nitrogens with one attached hydrogen (secondary N) is 1. The molecule has 1 amide bonds. The molecular weight excluding hydrogens is 381 g/mol. The Kier molecular flexibility index (Phi) is 4.71. The van der Waals surface area contributed by atoms with Gasteiger partial charge in [0.25, 0.3) is 5.91 Å². The number of halogens is 4. The van der Waals surface area contributed by atoms with Crippen molar-refractivity contribution in [3.8, 4) is 0 Å². The lowest BCUT2D eigenvalue weighted by Gasteiger charge is -2.05.